The molecule has 8 heteroatoms. The number of carbonyl (C=O) groups excluding carboxylic acids is 1. The lowest BCUT2D eigenvalue weighted by atomic mass is 10.3. The molecule has 0 bridgehead atoms. The van der Waals surface area contributed by atoms with Gasteiger partial charge in [0, 0.05) is 5.02 Å². The van der Waals surface area contributed by atoms with Crippen LogP contribution in [0.1, 0.15) is 12.6 Å². The van der Waals surface area contributed by atoms with E-state index in [1.165, 1.54) is 6.07 Å². The van der Waals surface area contributed by atoms with Crippen molar-refractivity contribution in [3.05, 3.63) is 33.9 Å². The van der Waals surface area contributed by atoms with E-state index in [0.29, 0.717) is 21.5 Å². The monoisotopic (exact) mass is 315 g/mol. The van der Waals surface area contributed by atoms with E-state index in [1.807, 2.05) is 0 Å². The van der Waals surface area contributed by atoms with Crippen molar-refractivity contribution in [3.63, 3.8) is 0 Å². The molecule has 1 aromatic heterocycles. The van der Waals surface area contributed by atoms with E-state index in [4.69, 9.17) is 27.9 Å². The fourth-order valence-corrected chi connectivity index (χ4v) is 1.83. The lowest BCUT2D eigenvalue weighted by molar-refractivity contribution is -0.122. The summed E-state index contributed by atoms with van der Waals surface area (Å²) < 4.78 is 9.95. The van der Waals surface area contributed by atoms with Crippen molar-refractivity contribution >= 4 is 34.9 Å². The molecule has 106 valence electrons. The summed E-state index contributed by atoms with van der Waals surface area (Å²) in [5.74, 6) is 0.233. The molecule has 1 amide bonds. The molecule has 0 aliphatic carbocycles. The number of rotatable bonds is 4. The van der Waals surface area contributed by atoms with Gasteiger partial charge >= 0.3 is 0 Å². The third-order valence-electron chi connectivity index (χ3n) is 2.46. The number of amides is 1. The summed E-state index contributed by atoms with van der Waals surface area (Å²) in [7, 11) is 0. The minimum absolute atomic E-state index is 0.257. The van der Waals surface area contributed by atoms with Crippen molar-refractivity contribution in [2.45, 2.75) is 20.0 Å². The summed E-state index contributed by atoms with van der Waals surface area (Å²) in [6, 6.07) is 4.76. The molecule has 1 aromatic carbocycles. The molecular weight excluding hydrogens is 305 g/mol. The van der Waals surface area contributed by atoms with Gasteiger partial charge in [0.25, 0.3) is 5.91 Å². The molecule has 2 aromatic rings. The van der Waals surface area contributed by atoms with Gasteiger partial charge in [-0.3, -0.25) is 4.79 Å². The van der Waals surface area contributed by atoms with Crippen molar-refractivity contribution in [1.29, 1.82) is 0 Å². The highest BCUT2D eigenvalue weighted by Gasteiger charge is 2.19. The molecule has 0 spiro atoms. The van der Waals surface area contributed by atoms with Gasteiger partial charge in [-0.15, -0.1) is 0 Å². The summed E-state index contributed by atoms with van der Waals surface area (Å²) >= 11 is 11.8. The van der Waals surface area contributed by atoms with Crippen molar-refractivity contribution in [1.82, 2.24) is 10.3 Å². The maximum atomic E-state index is 11.9. The first kappa shape index (κ1) is 14.6. The standard InChI is InChI=1S/C12H11Cl2N3O3/c1-6-11(17-20-16-6)15-12(18)7(2)19-10-4-3-8(13)5-9(10)14/h3-5,7H,1-2H3,(H,15,17,18)/t7-/m0/s1. The van der Waals surface area contributed by atoms with Crippen LogP contribution in [0.2, 0.25) is 10.0 Å². The Morgan fingerprint density at radius 1 is 1.40 bits per heavy atom. The molecule has 6 nitrogen and oxygen atoms in total. The van der Waals surface area contributed by atoms with E-state index in [9.17, 15) is 4.79 Å². The van der Waals surface area contributed by atoms with Gasteiger partial charge in [0.2, 0.25) is 0 Å². The predicted octanol–water partition coefficient (Wildman–Crippen LogP) is 3.09. The van der Waals surface area contributed by atoms with Crippen LogP contribution in [0.3, 0.4) is 0 Å². The second-order valence-electron chi connectivity index (χ2n) is 4.02. The zero-order valence-electron chi connectivity index (χ0n) is 10.7. The first-order chi connectivity index (χ1) is 9.47. The first-order valence-corrected chi connectivity index (χ1v) is 6.44. The Kier molecular flexibility index (Phi) is 4.46. The van der Waals surface area contributed by atoms with Gasteiger partial charge in [-0.2, -0.15) is 0 Å². The van der Waals surface area contributed by atoms with E-state index in [1.54, 1.807) is 26.0 Å². The second kappa shape index (κ2) is 6.11. The summed E-state index contributed by atoms with van der Waals surface area (Å²) in [5.41, 5.74) is 0.482. The maximum absolute atomic E-state index is 11.9. The van der Waals surface area contributed by atoms with Crippen LogP contribution < -0.4 is 10.1 Å². The first-order valence-electron chi connectivity index (χ1n) is 5.69. The van der Waals surface area contributed by atoms with Gasteiger partial charge < -0.3 is 10.1 Å². The van der Waals surface area contributed by atoms with Crippen LogP contribution in [0.4, 0.5) is 5.82 Å². The van der Waals surface area contributed by atoms with E-state index >= 15 is 0 Å². The van der Waals surface area contributed by atoms with Gasteiger partial charge in [0.15, 0.2) is 11.9 Å². The van der Waals surface area contributed by atoms with Crippen LogP contribution in [-0.4, -0.2) is 22.3 Å². The van der Waals surface area contributed by atoms with Crippen molar-refractivity contribution in [2.24, 2.45) is 0 Å². The molecule has 2 rings (SSSR count). The minimum Gasteiger partial charge on any atom is -0.479 e. The Bertz CT molecular complexity index is 630. The molecule has 0 radical (unpaired) electrons. The number of aromatic nitrogens is 2. The number of carbonyl (C=O) groups is 1. The SMILES string of the molecule is Cc1nonc1NC(=O)[C@H](C)Oc1ccc(Cl)cc1Cl. The van der Waals surface area contributed by atoms with Crippen molar-refractivity contribution in [2.75, 3.05) is 5.32 Å². The van der Waals surface area contributed by atoms with E-state index < -0.39 is 12.0 Å². The average molecular weight is 316 g/mol. The van der Waals surface area contributed by atoms with Crippen LogP contribution >= 0.6 is 23.2 Å². The lowest BCUT2D eigenvalue weighted by Gasteiger charge is -2.14. The quantitative estimate of drug-likeness (QED) is 0.938. The van der Waals surface area contributed by atoms with Crippen LogP contribution in [0.15, 0.2) is 22.8 Å². The highest BCUT2D eigenvalue weighted by Crippen LogP contribution is 2.28. The number of aryl methyl sites for hydroxylation is 1. The Labute approximate surface area is 125 Å². The number of benzene rings is 1. The number of nitrogens with one attached hydrogen (secondary N) is 1. The molecular formula is C12H11Cl2N3O3. The van der Waals surface area contributed by atoms with Crippen LogP contribution in [-0.2, 0) is 4.79 Å². The van der Waals surface area contributed by atoms with Crippen LogP contribution in [0, 0.1) is 6.92 Å². The number of hydrogen-bond acceptors (Lipinski definition) is 5. The number of nitrogens with zero attached hydrogens (tertiary/aromatic N) is 2. The molecule has 0 saturated carbocycles. The van der Waals surface area contributed by atoms with E-state index in [2.05, 4.69) is 20.3 Å². The summed E-state index contributed by atoms with van der Waals surface area (Å²) in [4.78, 5) is 11.9. The van der Waals surface area contributed by atoms with E-state index in [-0.39, 0.29) is 5.82 Å². The average Bonchev–Trinajstić information content (AvgIpc) is 2.78. The third-order valence-corrected chi connectivity index (χ3v) is 2.99. The second-order valence-corrected chi connectivity index (χ2v) is 4.87. The minimum atomic E-state index is -0.773. The zero-order chi connectivity index (χ0) is 14.7. The summed E-state index contributed by atoms with van der Waals surface area (Å²) in [6.07, 6.45) is -0.773. The Morgan fingerprint density at radius 3 is 2.75 bits per heavy atom. The zero-order valence-corrected chi connectivity index (χ0v) is 12.2. The van der Waals surface area contributed by atoms with Gasteiger partial charge in [-0.25, -0.2) is 4.63 Å². The molecule has 20 heavy (non-hydrogen) atoms. The fourth-order valence-electron chi connectivity index (χ4n) is 1.38. The lowest BCUT2D eigenvalue weighted by Crippen LogP contribution is -2.30. The molecule has 0 fully saturated rings. The number of ether oxygens (including phenoxy) is 1. The summed E-state index contributed by atoms with van der Waals surface area (Å²) in [5, 5.41) is 10.5. The molecule has 1 N–H and O–H groups in total. The highest BCUT2D eigenvalue weighted by molar-refractivity contribution is 6.35. The predicted molar refractivity (Wildman–Crippen MR) is 74.2 cm³/mol. The number of halogens is 2. The molecule has 1 atom stereocenters. The number of hydrogen-bond donors (Lipinski definition) is 1. The molecule has 0 aliphatic heterocycles. The number of anilines is 1. The van der Waals surface area contributed by atoms with Gasteiger partial charge in [-0.05, 0) is 37.2 Å². The van der Waals surface area contributed by atoms with Gasteiger partial charge in [0.1, 0.15) is 11.4 Å². The molecule has 0 saturated heterocycles. The Balaban J connectivity index is 2.02. The molecule has 1 heterocycles. The van der Waals surface area contributed by atoms with Gasteiger partial charge in [-0.1, -0.05) is 28.4 Å². The topological polar surface area (TPSA) is 77.3 Å². The third kappa shape index (κ3) is 3.40. The van der Waals surface area contributed by atoms with E-state index in [0.717, 1.165) is 0 Å². The van der Waals surface area contributed by atoms with Gasteiger partial charge in [0.05, 0.1) is 5.02 Å². The van der Waals surface area contributed by atoms with Crippen LogP contribution in [0.5, 0.6) is 5.75 Å². The summed E-state index contributed by atoms with van der Waals surface area (Å²) in [6.45, 7) is 3.25. The normalized spacial score (nSPS) is 12.0. The Morgan fingerprint density at radius 2 is 2.15 bits per heavy atom. The van der Waals surface area contributed by atoms with Crippen molar-refractivity contribution in [3.8, 4) is 5.75 Å². The van der Waals surface area contributed by atoms with Crippen LogP contribution in [0.25, 0.3) is 0 Å². The highest BCUT2D eigenvalue weighted by atomic mass is 35.5. The fraction of sp³-hybridized carbons (Fsp3) is 0.250. The maximum Gasteiger partial charge on any atom is 0.266 e. The molecule has 0 aliphatic rings. The largest absolute Gasteiger partial charge is 0.479 e. The molecule has 0 unspecified atom stereocenters. The van der Waals surface area contributed by atoms with Crippen molar-refractivity contribution < 1.29 is 14.2 Å². The smallest absolute Gasteiger partial charge is 0.266 e. The Hall–Kier alpha value is -1.79.